The molecule has 174 valence electrons. The van der Waals surface area contributed by atoms with Crippen LogP contribution in [-0.4, -0.2) is 23.4 Å². The lowest BCUT2D eigenvalue weighted by molar-refractivity contribution is -0.412. The molecular formula is C34H28NO+. The number of fused-ring (bicyclic) bond motifs is 7. The predicted octanol–water partition coefficient (Wildman–Crippen LogP) is 5.33. The molecule has 0 radical (unpaired) electrons. The Morgan fingerprint density at radius 3 is 1.72 bits per heavy atom. The van der Waals surface area contributed by atoms with Crippen LogP contribution in [0.1, 0.15) is 18.1 Å². The van der Waals surface area contributed by atoms with Crippen molar-refractivity contribution < 1.29 is 9.31 Å². The highest BCUT2D eigenvalue weighted by Crippen LogP contribution is 2.41. The molecule has 0 spiro atoms. The summed E-state index contributed by atoms with van der Waals surface area (Å²) >= 11 is 0. The fraction of sp³-hybridized carbons (Fsp3) is 0.147. The van der Waals surface area contributed by atoms with E-state index in [4.69, 9.17) is 4.74 Å². The molecule has 36 heavy (non-hydrogen) atoms. The zero-order valence-electron chi connectivity index (χ0n) is 21.1. The second-order valence-electron chi connectivity index (χ2n) is 10.1. The van der Waals surface area contributed by atoms with Crippen LogP contribution in [0.15, 0.2) is 96.6 Å². The first-order valence-corrected chi connectivity index (χ1v) is 12.6. The van der Waals surface area contributed by atoms with Gasteiger partial charge < -0.3 is 4.74 Å². The molecule has 1 aliphatic heterocycles. The van der Waals surface area contributed by atoms with E-state index < -0.39 is 0 Å². The molecule has 1 atom stereocenters. The van der Waals surface area contributed by atoms with Gasteiger partial charge in [-0.2, -0.15) is 4.58 Å². The number of ether oxygens (including phenoxy) is 1. The predicted molar refractivity (Wildman–Crippen MR) is 146 cm³/mol. The molecule has 4 aromatic carbocycles. The summed E-state index contributed by atoms with van der Waals surface area (Å²) in [5.41, 5.74) is 8.63. The minimum atomic E-state index is -0.141. The van der Waals surface area contributed by atoms with E-state index in [0.717, 1.165) is 11.4 Å². The molecule has 2 nitrogen and oxygen atoms in total. The zero-order valence-corrected chi connectivity index (χ0v) is 21.1. The van der Waals surface area contributed by atoms with Crippen molar-refractivity contribution in [1.82, 2.24) is 0 Å². The molecule has 0 aromatic heterocycles. The molecule has 0 bridgehead atoms. The van der Waals surface area contributed by atoms with Gasteiger partial charge in [-0.05, 0) is 87.0 Å². The molecule has 1 unspecified atom stereocenters. The summed E-state index contributed by atoms with van der Waals surface area (Å²) in [6.45, 7) is 6.56. The van der Waals surface area contributed by atoms with Crippen LogP contribution < -0.4 is 15.2 Å². The SMILES string of the molecule is CC1=CC2Oc3cc(C)cc(C)c3[N+](C)=C2C2=c3ccccc3=c3ccccc3=c3ccccc3=C12. The maximum atomic E-state index is 6.74. The number of allylic oxidation sites excluding steroid dienone is 1. The second kappa shape index (κ2) is 7.66. The van der Waals surface area contributed by atoms with E-state index in [2.05, 4.69) is 123 Å². The number of hydrogen-bond acceptors (Lipinski definition) is 1. The first-order chi connectivity index (χ1) is 17.5. The third kappa shape index (κ3) is 2.88. The summed E-state index contributed by atoms with van der Waals surface area (Å²) in [5, 5.41) is 7.60. The van der Waals surface area contributed by atoms with Gasteiger partial charge in [-0.3, -0.25) is 0 Å². The van der Waals surface area contributed by atoms with Crippen molar-refractivity contribution in [3.05, 3.63) is 139 Å². The fourth-order valence-electron chi connectivity index (χ4n) is 6.45. The lowest BCUT2D eigenvalue weighted by Gasteiger charge is -2.30. The van der Waals surface area contributed by atoms with Gasteiger partial charge in [-0.1, -0.05) is 72.8 Å². The molecule has 0 N–H and O–H groups in total. The number of benzene rings is 4. The van der Waals surface area contributed by atoms with Crippen LogP contribution in [0.25, 0.3) is 11.1 Å². The highest BCUT2D eigenvalue weighted by molar-refractivity contribution is 6.35. The van der Waals surface area contributed by atoms with Gasteiger partial charge in [0.15, 0.2) is 5.75 Å². The molecule has 0 amide bonds. The van der Waals surface area contributed by atoms with Crippen LogP contribution >= 0.6 is 0 Å². The standard InChI is InChI=1S/C34H28NO/c1-20-17-22(3)33-29(18-20)36-30-19-21(2)31-27-15-9-7-13-25(27)23-11-5-6-12-24(23)26-14-8-10-16-28(26)32(31)34(30)35(33)4/h5-19,30H,1-4H3/q+1. The maximum Gasteiger partial charge on any atom is 0.250 e. The average Bonchev–Trinajstić information content (AvgIpc) is 2.87. The van der Waals surface area contributed by atoms with E-state index in [9.17, 15) is 0 Å². The lowest BCUT2D eigenvalue weighted by Crippen LogP contribution is -2.42. The van der Waals surface area contributed by atoms with Crippen molar-refractivity contribution in [3.63, 3.8) is 0 Å². The van der Waals surface area contributed by atoms with Crippen LogP contribution in [0.5, 0.6) is 5.75 Å². The zero-order chi connectivity index (χ0) is 24.6. The van der Waals surface area contributed by atoms with Gasteiger partial charge >= 0.3 is 0 Å². The second-order valence-corrected chi connectivity index (χ2v) is 10.1. The number of aryl methyl sites for hydroxylation is 2. The first-order valence-electron chi connectivity index (χ1n) is 12.6. The van der Waals surface area contributed by atoms with Crippen molar-refractivity contribution in [3.8, 4) is 5.75 Å². The van der Waals surface area contributed by atoms with E-state index in [1.165, 1.54) is 64.9 Å². The van der Waals surface area contributed by atoms with Crippen molar-refractivity contribution in [2.45, 2.75) is 26.9 Å². The minimum absolute atomic E-state index is 0.141. The summed E-state index contributed by atoms with van der Waals surface area (Å²) in [6.07, 6.45) is 2.16. The van der Waals surface area contributed by atoms with Crippen molar-refractivity contribution in [2.75, 3.05) is 7.05 Å². The quantitative estimate of drug-likeness (QED) is 0.319. The van der Waals surface area contributed by atoms with Gasteiger partial charge in [-0.15, -0.1) is 0 Å². The molecule has 7 rings (SSSR count). The van der Waals surface area contributed by atoms with Crippen LogP contribution in [0.3, 0.4) is 0 Å². The Kier molecular flexibility index (Phi) is 4.50. The molecule has 1 heterocycles. The van der Waals surface area contributed by atoms with Gasteiger partial charge in [-0.25, -0.2) is 0 Å². The summed E-state index contributed by atoms with van der Waals surface area (Å²) in [7, 11) is 2.20. The Morgan fingerprint density at radius 1 is 0.639 bits per heavy atom. The van der Waals surface area contributed by atoms with E-state index in [0.29, 0.717) is 0 Å². The van der Waals surface area contributed by atoms with Crippen LogP contribution in [0.4, 0.5) is 5.69 Å². The normalized spacial score (nSPS) is 17.3. The van der Waals surface area contributed by atoms with E-state index in [1.54, 1.807) is 0 Å². The fourth-order valence-corrected chi connectivity index (χ4v) is 6.45. The lowest BCUT2D eigenvalue weighted by atomic mass is 9.81. The summed E-state index contributed by atoms with van der Waals surface area (Å²) < 4.78 is 9.12. The topological polar surface area (TPSA) is 12.2 Å². The monoisotopic (exact) mass is 466 g/mol. The molecule has 2 aliphatic carbocycles. The highest BCUT2D eigenvalue weighted by atomic mass is 16.5. The van der Waals surface area contributed by atoms with Crippen LogP contribution in [0.2, 0.25) is 0 Å². The Balaban J connectivity index is 1.83. The molecule has 4 aromatic rings. The molecule has 0 saturated heterocycles. The smallest absolute Gasteiger partial charge is 0.250 e. The Bertz CT molecular complexity index is 2010. The summed E-state index contributed by atoms with van der Waals surface area (Å²) in [6, 6.07) is 30.9. The molecular weight excluding hydrogens is 438 g/mol. The van der Waals surface area contributed by atoms with E-state index in [1.807, 2.05) is 0 Å². The van der Waals surface area contributed by atoms with Crippen LogP contribution in [-0.2, 0) is 0 Å². The Labute approximate surface area is 210 Å². The number of nitrogens with zero attached hydrogens (tertiary/aromatic N) is 1. The van der Waals surface area contributed by atoms with Gasteiger partial charge in [0.1, 0.15) is 7.05 Å². The first kappa shape index (κ1) is 21.1. The minimum Gasteiger partial charge on any atom is -0.468 e. The largest absolute Gasteiger partial charge is 0.468 e. The summed E-state index contributed by atoms with van der Waals surface area (Å²) in [4.78, 5) is 0. The maximum absolute atomic E-state index is 6.74. The Morgan fingerprint density at radius 2 is 1.14 bits per heavy atom. The van der Waals surface area contributed by atoms with Crippen molar-refractivity contribution in [2.24, 2.45) is 0 Å². The summed E-state index contributed by atoms with van der Waals surface area (Å²) in [5.74, 6) is 0.960. The number of hydrogen-bond donors (Lipinski definition) is 0. The average molecular weight is 467 g/mol. The highest BCUT2D eigenvalue weighted by Gasteiger charge is 2.41. The van der Waals surface area contributed by atoms with Crippen molar-refractivity contribution >= 4 is 22.5 Å². The molecule has 2 heteroatoms. The third-order valence-corrected chi connectivity index (χ3v) is 7.83. The molecule has 3 aliphatic rings. The van der Waals surface area contributed by atoms with E-state index >= 15 is 0 Å². The van der Waals surface area contributed by atoms with Gasteiger partial charge in [0.05, 0.1) is 5.57 Å². The Hall–Kier alpha value is -4.17. The van der Waals surface area contributed by atoms with Gasteiger partial charge in [0.25, 0.3) is 5.69 Å². The molecule has 0 fully saturated rings. The third-order valence-electron chi connectivity index (χ3n) is 7.83. The van der Waals surface area contributed by atoms with Crippen LogP contribution in [0, 0.1) is 34.7 Å². The molecule has 0 saturated carbocycles. The van der Waals surface area contributed by atoms with Gasteiger partial charge in [0, 0.05) is 5.56 Å². The number of rotatable bonds is 0. The van der Waals surface area contributed by atoms with Crippen molar-refractivity contribution in [1.29, 1.82) is 0 Å². The van der Waals surface area contributed by atoms with E-state index in [-0.39, 0.29) is 6.10 Å². The van der Waals surface area contributed by atoms with Gasteiger partial charge in [0.2, 0.25) is 11.8 Å².